The van der Waals surface area contributed by atoms with E-state index in [2.05, 4.69) is 16.9 Å². The van der Waals surface area contributed by atoms with Gasteiger partial charge in [0, 0.05) is 42.6 Å². The number of fused-ring (bicyclic) bond motifs is 3. The number of likely N-dealkylation sites (tertiary alicyclic amines) is 1. The lowest BCUT2D eigenvalue weighted by Gasteiger charge is -2.40. The van der Waals surface area contributed by atoms with Gasteiger partial charge in [-0.15, -0.1) is 0 Å². The van der Waals surface area contributed by atoms with E-state index in [1.54, 1.807) is 18.4 Å². The Kier molecular flexibility index (Phi) is 5.06. The van der Waals surface area contributed by atoms with Gasteiger partial charge in [0.05, 0.1) is 12.6 Å². The Morgan fingerprint density at radius 1 is 1.48 bits per heavy atom. The van der Waals surface area contributed by atoms with Gasteiger partial charge in [-0.25, -0.2) is 4.98 Å². The fraction of sp³-hybridized carbons (Fsp3) is 0.474. The maximum absolute atomic E-state index is 12.5. The number of hydrogen-bond acceptors (Lipinski definition) is 4. The smallest absolute Gasteiger partial charge is 0.531 e. The van der Waals surface area contributed by atoms with Gasteiger partial charge in [0.1, 0.15) is 11.4 Å². The predicted octanol–water partition coefficient (Wildman–Crippen LogP) is 3.19. The minimum atomic E-state index is -4.35. The molecule has 10 heteroatoms. The molecule has 1 saturated heterocycles. The lowest BCUT2D eigenvalue weighted by atomic mass is 9.71. The number of nitrogens with one attached hydrogen (secondary N) is 1. The number of pyridine rings is 1. The van der Waals surface area contributed by atoms with Crippen LogP contribution in [-0.2, 0) is 4.79 Å². The summed E-state index contributed by atoms with van der Waals surface area (Å²) in [5.74, 6) is 1.65. The number of carbonyl (C=O) groups is 1. The van der Waals surface area contributed by atoms with Crippen LogP contribution in [0.3, 0.4) is 0 Å². The molecule has 0 saturated carbocycles. The van der Waals surface area contributed by atoms with Gasteiger partial charge in [-0.1, -0.05) is 6.92 Å². The van der Waals surface area contributed by atoms with Crippen molar-refractivity contribution in [3.8, 4) is 5.75 Å². The third kappa shape index (κ3) is 3.98. The third-order valence-corrected chi connectivity index (χ3v) is 5.74. The number of alkyl halides is 3. The number of halogens is 3. The first kappa shape index (κ1) is 19.8. The summed E-state index contributed by atoms with van der Waals surface area (Å²) in [5, 5.41) is 11.0. The molecule has 4 heterocycles. The van der Waals surface area contributed by atoms with Crippen molar-refractivity contribution in [2.24, 2.45) is 11.8 Å². The monoisotopic (exact) mass is 407 g/mol. The maximum Gasteiger partial charge on any atom is 0.552 e. The molecule has 0 radical (unpaired) electrons. The van der Waals surface area contributed by atoms with Crippen molar-refractivity contribution in [1.82, 2.24) is 14.9 Å². The van der Waals surface area contributed by atoms with E-state index in [4.69, 9.17) is 4.65 Å². The van der Waals surface area contributed by atoms with Gasteiger partial charge >= 0.3 is 13.3 Å². The molecule has 2 aromatic heterocycles. The molecule has 1 fully saturated rings. The Morgan fingerprint density at radius 2 is 2.28 bits per heavy atom. The third-order valence-electron chi connectivity index (χ3n) is 5.74. The molecule has 2 aliphatic heterocycles. The molecule has 2 aliphatic rings. The number of rotatable bonds is 3. The van der Waals surface area contributed by atoms with Crippen LogP contribution in [0.2, 0.25) is 0 Å². The summed E-state index contributed by atoms with van der Waals surface area (Å²) in [6.45, 7) is 2.80. The Balaban J connectivity index is 1.63. The normalized spacial score (nSPS) is 22.3. The Labute approximate surface area is 165 Å². The summed E-state index contributed by atoms with van der Waals surface area (Å²) < 4.78 is 43.0. The second-order valence-corrected chi connectivity index (χ2v) is 7.70. The number of carbonyl (C=O) groups excluding carboxylic acids is 1. The molecule has 154 valence electrons. The van der Waals surface area contributed by atoms with Crippen LogP contribution in [0.15, 0.2) is 24.4 Å². The second kappa shape index (κ2) is 7.40. The molecule has 29 heavy (non-hydrogen) atoms. The molecule has 0 bridgehead atoms. The fourth-order valence-electron chi connectivity index (χ4n) is 4.19. The first-order chi connectivity index (χ1) is 13.7. The van der Waals surface area contributed by atoms with E-state index < -0.39 is 32.0 Å². The molecule has 0 aromatic carbocycles. The van der Waals surface area contributed by atoms with Crippen LogP contribution < -0.4 is 4.65 Å². The predicted molar refractivity (Wildman–Crippen MR) is 102 cm³/mol. The van der Waals surface area contributed by atoms with Gasteiger partial charge in [0.2, 0.25) is 5.91 Å². The highest BCUT2D eigenvalue weighted by Gasteiger charge is 2.37. The molecule has 1 unspecified atom stereocenters. The zero-order valence-electron chi connectivity index (χ0n) is 15.9. The van der Waals surface area contributed by atoms with Crippen molar-refractivity contribution in [2.75, 3.05) is 13.1 Å². The lowest BCUT2D eigenvalue weighted by Crippen LogP contribution is -2.44. The van der Waals surface area contributed by atoms with Crippen LogP contribution in [0, 0.1) is 11.8 Å². The molecule has 2 atom stereocenters. The van der Waals surface area contributed by atoms with Crippen LogP contribution >= 0.6 is 0 Å². The molecule has 1 amide bonds. The van der Waals surface area contributed by atoms with E-state index in [0.29, 0.717) is 30.9 Å². The Morgan fingerprint density at radius 3 is 3.03 bits per heavy atom. The number of piperidine rings is 1. The topological polar surface area (TPSA) is 78.5 Å². The van der Waals surface area contributed by atoms with E-state index in [1.165, 1.54) is 4.90 Å². The molecule has 0 spiro atoms. The minimum Gasteiger partial charge on any atom is -0.531 e. The summed E-state index contributed by atoms with van der Waals surface area (Å²) >= 11 is 0. The largest absolute Gasteiger partial charge is 0.552 e. The number of aromatic amines is 1. The molecular weight excluding hydrogens is 386 g/mol. The highest BCUT2D eigenvalue weighted by molar-refractivity contribution is 6.52. The van der Waals surface area contributed by atoms with Crippen molar-refractivity contribution in [3.05, 3.63) is 30.0 Å². The summed E-state index contributed by atoms with van der Waals surface area (Å²) in [4.78, 5) is 21.2. The summed E-state index contributed by atoms with van der Waals surface area (Å²) in [6, 6.07) is 1.87. The SMILES string of the molecule is CC1CCN(C(=O)CCC(F)(F)F)C[C@H]1C1=CB(O)Oc2cnc3[nH]ccc3c21. The van der Waals surface area contributed by atoms with E-state index in [-0.39, 0.29) is 11.8 Å². The van der Waals surface area contributed by atoms with Crippen LogP contribution in [0.4, 0.5) is 13.2 Å². The Hall–Kier alpha value is -2.49. The van der Waals surface area contributed by atoms with Gasteiger partial charge in [0.15, 0.2) is 0 Å². The van der Waals surface area contributed by atoms with Crippen molar-refractivity contribution in [2.45, 2.75) is 32.4 Å². The molecule has 2 N–H and O–H groups in total. The van der Waals surface area contributed by atoms with Crippen molar-refractivity contribution < 1.29 is 27.6 Å². The van der Waals surface area contributed by atoms with Crippen molar-refractivity contribution in [3.63, 3.8) is 0 Å². The van der Waals surface area contributed by atoms with Gasteiger partial charge in [0.25, 0.3) is 0 Å². The first-order valence-corrected chi connectivity index (χ1v) is 9.60. The lowest BCUT2D eigenvalue weighted by molar-refractivity contribution is -0.150. The minimum absolute atomic E-state index is 0.128. The number of aromatic nitrogens is 2. The van der Waals surface area contributed by atoms with Crippen LogP contribution in [0.5, 0.6) is 5.75 Å². The highest BCUT2D eigenvalue weighted by Crippen LogP contribution is 2.43. The van der Waals surface area contributed by atoms with Crippen LogP contribution in [-0.4, -0.2) is 52.2 Å². The fourth-order valence-corrected chi connectivity index (χ4v) is 4.19. The van der Waals surface area contributed by atoms with E-state index >= 15 is 0 Å². The highest BCUT2D eigenvalue weighted by atomic mass is 19.4. The maximum atomic E-state index is 12.5. The van der Waals surface area contributed by atoms with Gasteiger partial charge in [-0.2, -0.15) is 13.2 Å². The summed E-state index contributed by atoms with van der Waals surface area (Å²) in [6.07, 6.45) is -2.03. The van der Waals surface area contributed by atoms with E-state index in [0.717, 1.165) is 16.5 Å². The van der Waals surface area contributed by atoms with Crippen LogP contribution in [0.1, 0.15) is 31.7 Å². The molecular formula is C19H21BF3N3O3. The molecule has 4 rings (SSSR count). The number of amides is 1. The Bertz CT molecular complexity index is 959. The average Bonchev–Trinajstić information content (AvgIpc) is 3.14. The van der Waals surface area contributed by atoms with Gasteiger partial charge < -0.3 is 19.6 Å². The van der Waals surface area contributed by atoms with Crippen molar-refractivity contribution in [1.29, 1.82) is 0 Å². The number of hydrogen-bond donors (Lipinski definition) is 2. The summed E-state index contributed by atoms with van der Waals surface area (Å²) in [5.41, 5.74) is 2.32. The quantitative estimate of drug-likeness (QED) is 0.767. The van der Waals surface area contributed by atoms with Crippen molar-refractivity contribution >= 4 is 29.6 Å². The van der Waals surface area contributed by atoms with Crippen LogP contribution in [0.25, 0.3) is 16.6 Å². The average molecular weight is 407 g/mol. The molecule has 0 aliphatic carbocycles. The van der Waals surface area contributed by atoms with Gasteiger partial charge in [-0.05, 0) is 30.0 Å². The van der Waals surface area contributed by atoms with Gasteiger partial charge in [-0.3, -0.25) is 4.79 Å². The number of nitrogens with zero attached hydrogens (tertiary/aromatic N) is 2. The van der Waals surface area contributed by atoms with E-state index in [1.807, 2.05) is 6.07 Å². The zero-order chi connectivity index (χ0) is 20.8. The zero-order valence-corrected chi connectivity index (χ0v) is 15.9. The standard InChI is InChI=1S/C19H21BF3N3O3/c1-11-4-7-26(16(27)2-5-19(21,22)23)10-14(11)13-8-20(28)29-15-9-25-18-12(17(13)15)3-6-24-18/h3,6,8-9,11,14,28H,2,4-5,7,10H2,1H3,(H,24,25)/t11?,14-/m1/s1. The summed E-state index contributed by atoms with van der Waals surface area (Å²) in [7, 11) is -1.14. The number of H-pyrrole nitrogens is 1. The second-order valence-electron chi connectivity index (χ2n) is 7.70. The first-order valence-electron chi connectivity index (χ1n) is 9.60. The van der Waals surface area contributed by atoms with E-state index in [9.17, 15) is 23.0 Å². The molecule has 6 nitrogen and oxygen atoms in total. The molecule has 2 aromatic rings.